The molecule has 1 unspecified atom stereocenters. The van der Waals surface area contributed by atoms with Gasteiger partial charge in [-0.15, -0.1) is 0 Å². The fourth-order valence-electron chi connectivity index (χ4n) is 2.68. The maximum Gasteiger partial charge on any atom is 0.196 e. The van der Waals surface area contributed by atoms with E-state index in [4.69, 9.17) is 10.2 Å². The van der Waals surface area contributed by atoms with Crippen LogP contribution >= 0.6 is 0 Å². The number of aryl methyl sites for hydroxylation is 1. The zero-order valence-electron chi connectivity index (χ0n) is 12.9. The SMILES string of the molecule is Cc1cc(C(C)N)c2oc(-c3cccnc3)c(C)c(=O)c2c1. The fourth-order valence-corrected chi connectivity index (χ4v) is 2.68. The van der Waals surface area contributed by atoms with E-state index in [0.717, 1.165) is 16.7 Å². The second kappa shape index (κ2) is 5.39. The number of hydrogen-bond acceptors (Lipinski definition) is 4. The lowest BCUT2D eigenvalue weighted by atomic mass is 10.00. The van der Waals surface area contributed by atoms with Crippen LogP contribution in [0.2, 0.25) is 0 Å². The minimum Gasteiger partial charge on any atom is -0.455 e. The van der Waals surface area contributed by atoms with Crippen LogP contribution in [0.5, 0.6) is 0 Å². The summed E-state index contributed by atoms with van der Waals surface area (Å²) in [6, 6.07) is 7.31. The van der Waals surface area contributed by atoms with Crippen LogP contribution < -0.4 is 11.2 Å². The van der Waals surface area contributed by atoms with Gasteiger partial charge in [0.25, 0.3) is 0 Å². The fraction of sp³-hybridized carbons (Fsp3) is 0.222. The van der Waals surface area contributed by atoms with E-state index < -0.39 is 0 Å². The van der Waals surface area contributed by atoms with Gasteiger partial charge in [-0.05, 0) is 44.5 Å². The summed E-state index contributed by atoms with van der Waals surface area (Å²) >= 11 is 0. The molecule has 0 amide bonds. The van der Waals surface area contributed by atoms with Crippen molar-refractivity contribution in [2.75, 3.05) is 0 Å². The molecule has 0 bridgehead atoms. The predicted molar refractivity (Wildman–Crippen MR) is 87.8 cm³/mol. The van der Waals surface area contributed by atoms with E-state index in [-0.39, 0.29) is 11.5 Å². The summed E-state index contributed by atoms with van der Waals surface area (Å²) in [5.41, 5.74) is 9.81. The molecule has 0 aliphatic rings. The van der Waals surface area contributed by atoms with Crippen LogP contribution in [0.25, 0.3) is 22.3 Å². The van der Waals surface area contributed by atoms with E-state index in [1.165, 1.54) is 0 Å². The Labute approximate surface area is 128 Å². The minimum atomic E-state index is -0.213. The van der Waals surface area contributed by atoms with Gasteiger partial charge in [-0.25, -0.2) is 0 Å². The lowest BCUT2D eigenvalue weighted by Gasteiger charge is -2.13. The molecule has 0 saturated carbocycles. The van der Waals surface area contributed by atoms with Crippen molar-refractivity contribution in [1.82, 2.24) is 4.98 Å². The van der Waals surface area contributed by atoms with Gasteiger partial charge in [-0.1, -0.05) is 6.07 Å². The van der Waals surface area contributed by atoms with Crippen LogP contribution in [0.3, 0.4) is 0 Å². The second-order valence-electron chi connectivity index (χ2n) is 5.65. The Bertz CT molecular complexity index is 896. The van der Waals surface area contributed by atoms with E-state index in [2.05, 4.69) is 4.98 Å². The zero-order valence-corrected chi connectivity index (χ0v) is 12.9. The number of hydrogen-bond donors (Lipinski definition) is 1. The van der Waals surface area contributed by atoms with Gasteiger partial charge in [0.15, 0.2) is 5.43 Å². The Morgan fingerprint density at radius 1 is 1.27 bits per heavy atom. The Morgan fingerprint density at radius 2 is 2.05 bits per heavy atom. The molecular formula is C18H18N2O2. The van der Waals surface area contributed by atoms with Crippen molar-refractivity contribution in [3.63, 3.8) is 0 Å². The van der Waals surface area contributed by atoms with E-state index in [1.54, 1.807) is 19.3 Å². The molecular weight excluding hydrogens is 276 g/mol. The highest BCUT2D eigenvalue weighted by molar-refractivity contribution is 5.84. The third-order valence-electron chi connectivity index (χ3n) is 3.81. The summed E-state index contributed by atoms with van der Waals surface area (Å²) in [5, 5.41) is 0.581. The maximum atomic E-state index is 12.7. The molecule has 3 aromatic rings. The molecule has 0 spiro atoms. The second-order valence-corrected chi connectivity index (χ2v) is 5.65. The van der Waals surface area contributed by atoms with Crippen molar-refractivity contribution < 1.29 is 4.42 Å². The first-order valence-electron chi connectivity index (χ1n) is 7.23. The molecule has 0 aliphatic carbocycles. The number of nitrogens with zero attached hydrogens (tertiary/aromatic N) is 1. The molecule has 1 atom stereocenters. The zero-order chi connectivity index (χ0) is 15.9. The molecule has 2 aromatic heterocycles. The van der Waals surface area contributed by atoms with E-state index >= 15 is 0 Å². The lowest BCUT2D eigenvalue weighted by molar-refractivity contribution is 0.603. The van der Waals surface area contributed by atoms with Crippen molar-refractivity contribution in [2.24, 2.45) is 5.73 Å². The molecule has 112 valence electrons. The molecule has 2 N–H and O–H groups in total. The first-order chi connectivity index (χ1) is 10.5. The Morgan fingerprint density at radius 3 is 2.68 bits per heavy atom. The quantitative estimate of drug-likeness (QED) is 0.785. The minimum absolute atomic E-state index is 0.0225. The number of pyridine rings is 1. The molecule has 4 heteroatoms. The van der Waals surface area contributed by atoms with Gasteiger partial charge in [0.2, 0.25) is 0 Å². The first-order valence-corrected chi connectivity index (χ1v) is 7.23. The highest BCUT2D eigenvalue weighted by Gasteiger charge is 2.17. The standard InChI is InChI=1S/C18H18N2O2/c1-10-7-14(12(3)19)18-15(8-10)16(21)11(2)17(22-18)13-5-4-6-20-9-13/h4-9,12H,19H2,1-3H3. The summed E-state index contributed by atoms with van der Waals surface area (Å²) in [6.07, 6.45) is 3.38. The smallest absolute Gasteiger partial charge is 0.196 e. The molecule has 0 radical (unpaired) electrons. The highest BCUT2D eigenvalue weighted by atomic mass is 16.3. The number of fused-ring (bicyclic) bond motifs is 1. The molecule has 4 nitrogen and oxygen atoms in total. The molecule has 0 aliphatic heterocycles. The molecule has 1 aromatic carbocycles. The first kappa shape index (κ1) is 14.5. The molecule has 0 saturated heterocycles. The highest BCUT2D eigenvalue weighted by Crippen LogP contribution is 2.29. The van der Waals surface area contributed by atoms with E-state index in [1.807, 2.05) is 38.1 Å². The predicted octanol–water partition coefficient (Wildman–Crippen LogP) is 3.49. The van der Waals surface area contributed by atoms with Crippen molar-refractivity contribution in [1.29, 1.82) is 0 Å². The molecule has 2 heterocycles. The van der Waals surface area contributed by atoms with Crippen LogP contribution in [-0.2, 0) is 0 Å². The van der Waals surface area contributed by atoms with Gasteiger partial charge in [0.1, 0.15) is 11.3 Å². The lowest BCUT2D eigenvalue weighted by Crippen LogP contribution is -2.12. The molecule has 3 rings (SSSR count). The van der Waals surface area contributed by atoms with Crippen LogP contribution in [0.1, 0.15) is 29.7 Å². The largest absolute Gasteiger partial charge is 0.455 e. The number of aromatic nitrogens is 1. The maximum absolute atomic E-state index is 12.7. The topological polar surface area (TPSA) is 69.1 Å². The monoisotopic (exact) mass is 294 g/mol. The summed E-state index contributed by atoms with van der Waals surface area (Å²) in [7, 11) is 0. The van der Waals surface area contributed by atoms with E-state index in [0.29, 0.717) is 22.3 Å². The van der Waals surface area contributed by atoms with Crippen molar-refractivity contribution in [3.8, 4) is 11.3 Å². The van der Waals surface area contributed by atoms with Gasteiger partial charge in [-0.3, -0.25) is 9.78 Å². The van der Waals surface area contributed by atoms with Crippen LogP contribution in [-0.4, -0.2) is 4.98 Å². The third-order valence-corrected chi connectivity index (χ3v) is 3.81. The average molecular weight is 294 g/mol. The average Bonchev–Trinajstić information content (AvgIpc) is 2.51. The number of rotatable bonds is 2. The Hall–Kier alpha value is -2.46. The van der Waals surface area contributed by atoms with Gasteiger partial charge < -0.3 is 10.2 Å². The van der Waals surface area contributed by atoms with Crippen molar-refractivity contribution >= 4 is 11.0 Å². The number of benzene rings is 1. The summed E-state index contributed by atoms with van der Waals surface area (Å²) in [6.45, 7) is 5.62. The number of nitrogens with two attached hydrogens (primary N) is 1. The van der Waals surface area contributed by atoms with Crippen molar-refractivity contribution in [2.45, 2.75) is 26.8 Å². The van der Waals surface area contributed by atoms with Gasteiger partial charge in [0.05, 0.1) is 5.39 Å². The summed E-state index contributed by atoms with van der Waals surface area (Å²) in [5.74, 6) is 0.552. The summed E-state index contributed by atoms with van der Waals surface area (Å²) in [4.78, 5) is 16.8. The summed E-state index contributed by atoms with van der Waals surface area (Å²) < 4.78 is 6.09. The van der Waals surface area contributed by atoms with Gasteiger partial charge >= 0.3 is 0 Å². The Kier molecular flexibility index (Phi) is 3.54. The van der Waals surface area contributed by atoms with Gasteiger partial charge in [-0.2, -0.15) is 0 Å². The molecule has 22 heavy (non-hydrogen) atoms. The van der Waals surface area contributed by atoms with Crippen LogP contribution in [0.15, 0.2) is 45.9 Å². The Balaban J connectivity index is 2.43. The van der Waals surface area contributed by atoms with E-state index in [9.17, 15) is 4.79 Å². The normalized spacial score (nSPS) is 12.5. The van der Waals surface area contributed by atoms with Gasteiger partial charge in [0, 0.05) is 35.1 Å². The van der Waals surface area contributed by atoms with Crippen LogP contribution in [0, 0.1) is 13.8 Å². The third kappa shape index (κ3) is 2.31. The van der Waals surface area contributed by atoms with Crippen LogP contribution in [0.4, 0.5) is 0 Å². The van der Waals surface area contributed by atoms with Crippen molar-refractivity contribution in [3.05, 3.63) is 63.6 Å². The molecule has 0 fully saturated rings.